The van der Waals surface area contributed by atoms with E-state index in [4.69, 9.17) is 0 Å². The van der Waals surface area contributed by atoms with Crippen LogP contribution < -0.4 is 5.32 Å². The van der Waals surface area contributed by atoms with Crippen LogP contribution in [0.2, 0.25) is 0 Å². The van der Waals surface area contributed by atoms with Crippen LogP contribution in [0.1, 0.15) is 33.1 Å². The summed E-state index contributed by atoms with van der Waals surface area (Å²) in [6, 6.07) is 0. The lowest BCUT2D eigenvalue weighted by Gasteiger charge is -2.01. The predicted octanol–water partition coefficient (Wildman–Crippen LogP) is 2.51. The molecule has 13 heavy (non-hydrogen) atoms. The Bertz CT molecular complexity index is 230. The van der Waals surface area contributed by atoms with Crippen LogP contribution in [0.5, 0.6) is 0 Å². The highest BCUT2D eigenvalue weighted by Crippen LogP contribution is 2.05. The Hall–Kier alpha value is -0.990. The molecule has 1 aromatic heterocycles. The first-order chi connectivity index (χ1) is 6.36. The monoisotopic (exact) mass is 181 g/mol. The zero-order valence-electron chi connectivity index (χ0n) is 8.58. The minimum absolute atomic E-state index is 0.941. The van der Waals surface area contributed by atoms with Gasteiger partial charge >= 0.3 is 0 Å². The molecule has 0 saturated carbocycles. The van der Waals surface area contributed by atoms with E-state index in [-0.39, 0.29) is 0 Å². The van der Waals surface area contributed by atoms with E-state index in [1.807, 2.05) is 17.1 Å². The van der Waals surface area contributed by atoms with Gasteiger partial charge in [0.1, 0.15) is 0 Å². The van der Waals surface area contributed by atoms with Crippen molar-refractivity contribution in [2.45, 2.75) is 39.7 Å². The molecular weight excluding hydrogens is 162 g/mol. The maximum absolute atomic E-state index is 4.19. The van der Waals surface area contributed by atoms with Crippen LogP contribution in [-0.4, -0.2) is 16.3 Å². The summed E-state index contributed by atoms with van der Waals surface area (Å²) in [5, 5.41) is 7.54. The van der Waals surface area contributed by atoms with E-state index >= 15 is 0 Å². The SMILES string of the molecule is CCCCCNc1cnn(CC)c1. The van der Waals surface area contributed by atoms with Gasteiger partial charge in [-0.1, -0.05) is 19.8 Å². The molecule has 0 aliphatic carbocycles. The van der Waals surface area contributed by atoms with Gasteiger partial charge in [0, 0.05) is 19.3 Å². The van der Waals surface area contributed by atoms with Gasteiger partial charge in [-0.15, -0.1) is 0 Å². The molecule has 1 N–H and O–H groups in total. The maximum Gasteiger partial charge on any atom is 0.0726 e. The van der Waals surface area contributed by atoms with Gasteiger partial charge in [-0.25, -0.2) is 0 Å². The topological polar surface area (TPSA) is 29.9 Å². The van der Waals surface area contributed by atoms with Crippen LogP contribution in [0.3, 0.4) is 0 Å². The van der Waals surface area contributed by atoms with Crippen molar-refractivity contribution in [2.24, 2.45) is 0 Å². The van der Waals surface area contributed by atoms with E-state index in [0.29, 0.717) is 0 Å². The van der Waals surface area contributed by atoms with Crippen molar-refractivity contribution in [3.8, 4) is 0 Å². The normalized spacial score (nSPS) is 10.3. The molecule has 3 heteroatoms. The number of anilines is 1. The van der Waals surface area contributed by atoms with Crippen LogP contribution >= 0.6 is 0 Å². The van der Waals surface area contributed by atoms with Crippen molar-refractivity contribution in [2.75, 3.05) is 11.9 Å². The third-order valence-corrected chi connectivity index (χ3v) is 2.07. The molecule has 1 heterocycles. The summed E-state index contributed by atoms with van der Waals surface area (Å²) in [4.78, 5) is 0. The summed E-state index contributed by atoms with van der Waals surface area (Å²) in [6.45, 7) is 6.31. The summed E-state index contributed by atoms with van der Waals surface area (Å²) < 4.78 is 1.93. The summed E-state index contributed by atoms with van der Waals surface area (Å²) in [6.07, 6.45) is 7.75. The maximum atomic E-state index is 4.19. The number of aryl methyl sites for hydroxylation is 1. The van der Waals surface area contributed by atoms with Crippen LogP contribution in [0.4, 0.5) is 5.69 Å². The van der Waals surface area contributed by atoms with Crippen molar-refractivity contribution >= 4 is 5.69 Å². The third-order valence-electron chi connectivity index (χ3n) is 2.07. The van der Waals surface area contributed by atoms with E-state index in [1.54, 1.807) is 0 Å². The second kappa shape index (κ2) is 5.62. The van der Waals surface area contributed by atoms with Gasteiger partial charge in [0.05, 0.1) is 11.9 Å². The van der Waals surface area contributed by atoms with Gasteiger partial charge in [0.25, 0.3) is 0 Å². The van der Waals surface area contributed by atoms with Gasteiger partial charge < -0.3 is 5.32 Å². The zero-order chi connectivity index (χ0) is 9.52. The first-order valence-corrected chi connectivity index (χ1v) is 5.13. The molecule has 0 saturated heterocycles. The molecule has 0 fully saturated rings. The predicted molar refractivity (Wildman–Crippen MR) is 55.9 cm³/mol. The Balaban J connectivity index is 2.20. The Morgan fingerprint density at radius 3 is 2.85 bits per heavy atom. The number of aromatic nitrogens is 2. The van der Waals surface area contributed by atoms with Gasteiger partial charge in [0.15, 0.2) is 0 Å². The number of unbranched alkanes of at least 4 members (excludes halogenated alkanes) is 2. The van der Waals surface area contributed by atoms with Crippen molar-refractivity contribution in [3.63, 3.8) is 0 Å². The van der Waals surface area contributed by atoms with Crippen LogP contribution in [0.25, 0.3) is 0 Å². The molecule has 0 aliphatic heterocycles. The molecule has 3 nitrogen and oxygen atoms in total. The molecule has 0 aliphatic rings. The fraction of sp³-hybridized carbons (Fsp3) is 0.700. The van der Waals surface area contributed by atoms with Gasteiger partial charge in [-0.2, -0.15) is 5.10 Å². The highest BCUT2D eigenvalue weighted by Gasteiger charge is 1.94. The second-order valence-electron chi connectivity index (χ2n) is 3.22. The Labute approximate surface area is 80.1 Å². The average Bonchev–Trinajstić information content (AvgIpc) is 2.60. The molecule has 1 rings (SSSR count). The van der Waals surface area contributed by atoms with E-state index in [0.717, 1.165) is 18.8 Å². The van der Waals surface area contributed by atoms with Gasteiger partial charge in [0.2, 0.25) is 0 Å². The minimum Gasteiger partial charge on any atom is -0.383 e. The van der Waals surface area contributed by atoms with E-state index in [9.17, 15) is 0 Å². The molecule has 0 atom stereocenters. The van der Waals surface area contributed by atoms with Gasteiger partial charge in [-0.3, -0.25) is 4.68 Å². The van der Waals surface area contributed by atoms with Crippen LogP contribution in [0.15, 0.2) is 12.4 Å². The Kier molecular flexibility index (Phi) is 4.36. The number of hydrogen-bond acceptors (Lipinski definition) is 2. The summed E-state index contributed by atoms with van der Waals surface area (Å²) in [5.74, 6) is 0. The molecule has 0 bridgehead atoms. The Morgan fingerprint density at radius 1 is 1.38 bits per heavy atom. The first-order valence-electron chi connectivity index (χ1n) is 5.13. The highest BCUT2D eigenvalue weighted by atomic mass is 15.3. The van der Waals surface area contributed by atoms with Crippen molar-refractivity contribution in [1.29, 1.82) is 0 Å². The number of nitrogens with zero attached hydrogens (tertiary/aromatic N) is 2. The molecule has 0 unspecified atom stereocenters. The lowest BCUT2D eigenvalue weighted by molar-refractivity contribution is 0.660. The number of hydrogen-bond donors (Lipinski definition) is 1. The van der Waals surface area contributed by atoms with E-state index < -0.39 is 0 Å². The molecule has 0 aromatic carbocycles. The smallest absolute Gasteiger partial charge is 0.0726 e. The third kappa shape index (κ3) is 3.49. The fourth-order valence-electron chi connectivity index (χ4n) is 1.24. The summed E-state index contributed by atoms with van der Waals surface area (Å²) >= 11 is 0. The quantitative estimate of drug-likeness (QED) is 0.683. The van der Waals surface area contributed by atoms with E-state index in [1.165, 1.54) is 19.3 Å². The van der Waals surface area contributed by atoms with Crippen molar-refractivity contribution < 1.29 is 0 Å². The number of rotatable bonds is 6. The second-order valence-corrected chi connectivity index (χ2v) is 3.22. The average molecular weight is 181 g/mol. The van der Waals surface area contributed by atoms with Gasteiger partial charge in [-0.05, 0) is 13.3 Å². The molecule has 74 valence electrons. The summed E-state index contributed by atoms with van der Waals surface area (Å²) in [7, 11) is 0. The first kappa shape index (κ1) is 10.1. The largest absolute Gasteiger partial charge is 0.383 e. The lowest BCUT2D eigenvalue weighted by atomic mass is 10.2. The summed E-state index contributed by atoms with van der Waals surface area (Å²) in [5.41, 5.74) is 1.14. The van der Waals surface area contributed by atoms with E-state index in [2.05, 4.69) is 24.3 Å². The molecular formula is C10H19N3. The highest BCUT2D eigenvalue weighted by molar-refractivity contribution is 5.37. The molecule has 1 aromatic rings. The van der Waals surface area contributed by atoms with Crippen LogP contribution in [-0.2, 0) is 6.54 Å². The number of nitrogens with one attached hydrogen (secondary N) is 1. The Morgan fingerprint density at radius 2 is 2.23 bits per heavy atom. The van der Waals surface area contributed by atoms with Crippen LogP contribution in [0, 0.1) is 0 Å². The molecule has 0 radical (unpaired) electrons. The standard InChI is InChI=1S/C10H19N3/c1-3-5-6-7-11-10-8-12-13(4-2)9-10/h8-9,11H,3-7H2,1-2H3. The van der Waals surface area contributed by atoms with Crippen molar-refractivity contribution in [3.05, 3.63) is 12.4 Å². The fourth-order valence-corrected chi connectivity index (χ4v) is 1.24. The zero-order valence-corrected chi connectivity index (χ0v) is 8.58. The molecule has 0 amide bonds. The lowest BCUT2D eigenvalue weighted by Crippen LogP contribution is -2.00. The molecule has 0 spiro atoms. The van der Waals surface area contributed by atoms with Crippen molar-refractivity contribution in [1.82, 2.24) is 9.78 Å². The minimum atomic E-state index is 0.941.